The summed E-state index contributed by atoms with van der Waals surface area (Å²) in [6.07, 6.45) is 1.38. The molecule has 2 aromatic rings. The molecular formula is C21H21NO4. The van der Waals surface area contributed by atoms with Crippen LogP contribution in [0, 0.1) is 0 Å². The quantitative estimate of drug-likeness (QED) is 0.923. The molecule has 0 saturated heterocycles. The minimum absolute atomic E-state index is 0.170. The smallest absolute Gasteiger partial charge is 0.331 e. The van der Waals surface area contributed by atoms with Crippen molar-refractivity contribution >= 4 is 11.9 Å². The molecule has 0 aromatic heterocycles. The Morgan fingerprint density at radius 1 is 1.00 bits per heavy atom. The van der Waals surface area contributed by atoms with Crippen molar-refractivity contribution in [3.05, 3.63) is 70.8 Å². The summed E-state index contributed by atoms with van der Waals surface area (Å²) in [5.41, 5.74) is 3.96. The summed E-state index contributed by atoms with van der Waals surface area (Å²) in [6.45, 7) is 1.00. The second-order valence-electron chi connectivity index (χ2n) is 6.79. The summed E-state index contributed by atoms with van der Waals surface area (Å²) in [5.74, 6) is -1.16. The fourth-order valence-electron chi connectivity index (χ4n) is 4.02. The molecule has 2 aromatic carbocycles. The van der Waals surface area contributed by atoms with Gasteiger partial charge in [0, 0.05) is 6.54 Å². The Morgan fingerprint density at radius 2 is 1.65 bits per heavy atom. The van der Waals surface area contributed by atoms with Crippen LogP contribution in [0.25, 0.3) is 0 Å². The van der Waals surface area contributed by atoms with Crippen molar-refractivity contribution in [2.24, 2.45) is 0 Å². The third-order valence-electron chi connectivity index (χ3n) is 5.29. The van der Waals surface area contributed by atoms with Gasteiger partial charge in [-0.15, -0.1) is 0 Å². The summed E-state index contributed by atoms with van der Waals surface area (Å²) in [5, 5.41) is 9.74. The zero-order chi connectivity index (χ0) is 18.1. The number of carboxylic acids is 1. The van der Waals surface area contributed by atoms with E-state index in [2.05, 4.69) is 6.07 Å². The van der Waals surface area contributed by atoms with Gasteiger partial charge in [-0.3, -0.25) is 4.79 Å². The van der Waals surface area contributed by atoms with E-state index in [-0.39, 0.29) is 18.4 Å². The average molecular weight is 351 g/mol. The van der Waals surface area contributed by atoms with Gasteiger partial charge in [-0.05, 0) is 35.1 Å². The summed E-state index contributed by atoms with van der Waals surface area (Å²) >= 11 is 0. The molecule has 0 fully saturated rings. The molecule has 4 rings (SSSR count). The number of hydrogen-bond acceptors (Lipinski definition) is 3. The average Bonchev–Trinajstić information content (AvgIpc) is 2.67. The molecule has 1 N–H and O–H groups in total. The number of aliphatic carboxylic acids is 1. The number of amides is 1. The molecule has 26 heavy (non-hydrogen) atoms. The maximum Gasteiger partial charge on any atom is 0.331 e. The second kappa shape index (κ2) is 6.92. The SMILES string of the molecule is O=C(O)C1c2ccccc2CCN1C(=O)CC1OCCc2ccccc21. The minimum atomic E-state index is -0.990. The van der Waals surface area contributed by atoms with Gasteiger partial charge in [-0.1, -0.05) is 48.5 Å². The zero-order valence-electron chi connectivity index (χ0n) is 14.4. The Morgan fingerprint density at radius 3 is 2.38 bits per heavy atom. The number of carboxylic acid groups (broad SMARTS) is 1. The van der Waals surface area contributed by atoms with Crippen LogP contribution in [-0.4, -0.2) is 35.0 Å². The molecule has 2 aliphatic rings. The number of fused-ring (bicyclic) bond motifs is 2. The number of rotatable bonds is 3. The molecule has 2 unspecified atom stereocenters. The van der Waals surface area contributed by atoms with Crippen molar-refractivity contribution in [3.8, 4) is 0 Å². The van der Waals surface area contributed by atoms with Crippen LogP contribution < -0.4 is 0 Å². The molecule has 2 heterocycles. The van der Waals surface area contributed by atoms with Gasteiger partial charge in [-0.2, -0.15) is 0 Å². The largest absolute Gasteiger partial charge is 0.479 e. The van der Waals surface area contributed by atoms with Crippen LogP contribution in [0.4, 0.5) is 0 Å². The first-order valence-corrected chi connectivity index (χ1v) is 8.94. The van der Waals surface area contributed by atoms with Gasteiger partial charge in [0.05, 0.1) is 19.1 Å². The predicted molar refractivity (Wildman–Crippen MR) is 95.7 cm³/mol. The molecule has 2 aliphatic heterocycles. The van der Waals surface area contributed by atoms with Gasteiger partial charge >= 0.3 is 5.97 Å². The molecule has 0 radical (unpaired) electrons. The topological polar surface area (TPSA) is 66.8 Å². The lowest BCUT2D eigenvalue weighted by molar-refractivity contribution is -0.152. The fraction of sp³-hybridized carbons (Fsp3) is 0.333. The van der Waals surface area contributed by atoms with Gasteiger partial charge in [0.1, 0.15) is 0 Å². The number of carbonyl (C=O) groups is 2. The van der Waals surface area contributed by atoms with Crippen molar-refractivity contribution in [2.45, 2.75) is 31.4 Å². The Balaban J connectivity index is 1.58. The van der Waals surface area contributed by atoms with Crippen LogP contribution in [-0.2, 0) is 27.2 Å². The van der Waals surface area contributed by atoms with Gasteiger partial charge in [0.2, 0.25) is 5.91 Å². The van der Waals surface area contributed by atoms with E-state index in [1.165, 1.54) is 10.5 Å². The maximum atomic E-state index is 13.0. The Labute approximate surface area is 152 Å². The lowest BCUT2D eigenvalue weighted by Crippen LogP contribution is -2.44. The van der Waals surface area contributed by atoms with Gasteiger partial charge in [-0.25, -0.2) is 4.79 Å². The van der Waals surface area contributed by atoms with Gasteiger partial charge in [0.25, 0.3) is 0 Å². The van der Waals surface area contributed by atoms with Crippen molar-refractivity contribution < 1.29 is 19.4 Å². The van der Waals surface area contributed by atoms with Crippen molar-refractivity contribution in [1.29, 1.82) is 0 Å². The molecule has 1 amide bonds. The monoisotopic (exact) mass is 351 g/mol. The Kier molecular flexibility index (Phi) is 4.47. The molecule has 0 spiro atoms. The molecule has 0 saturated carbocycles. The third kappa shape index (κ3) is 2.99. The highest BCUT2D eigenvalue weighted by molar-refractivity contribution is 5.86. The van der Waals surface area contributed by atoms with Crippen LogP contribution in [0.5, 0.6) is 0 Å². The molecule has 5 heteroatoms. The minimum Gasteiger partial charge on any atom is -0.479 e. The standard InChI is InChI=1S/C21H21NO4/c23-19(13-18-16-7-3-1-6-15(16)10-12-26-18)22-11-9-14-5-2-4-8-17(14)20(22)21(24)25/h1-8,18,20H,9-13H2,(H,24,25). The highest BCUT2D eigenvalue weighted by Gasteiger charge is 2.37. The van der Waals surface area contributed by atoms with E-state index in [1.807, 2.05) is 36.4 Å². The summed E-state index contributed by atoms with van der Waals surface area (Å²) in [7, 11) is 0. The van der Waals surface area contributed by atoms with Crippen molar-refractivity contribution in [2.75, 3.05) is 13.2 Å². The summed E-state index contributed by atoms with van der Waals surface area (Å²) < 4.78 is 5.84. The first-order valence-electron chi connectivity index (χ1n) is 8.94. The van der Waals surface area contributed by atoms with E-state index in [1.54, 1.807) is 6.07 Å². The van der Waals surface area contributed by atoms with E-state index in [0.29, 0.717) is 25.1 Å². The molecule has 5 nitrogen and oxygen atoms in total. The normalized spacial score (nSPS) is 21.6. The lowest BCUT2D eigenvalue weighted by atomic mass is 9.91. The maximum absolute atomic E-state index is 13.0. The number of carbonyl (C=O) groups excluding carboxylic acids is 1. The van der Waals surface area contributed by atoms with Gasteiger partial charge < -0.3 is 14.7 Å². The highest BCUT2D eigenvalue weighted by Crippen LogP contribution is 2.34. The van der Waals surface area contributed by atoms with E-state index >= 15 is 0 Å². The first kappa shape index (κ1) is 16.8. The first-order chi connectivity index (χ1) is 12.6. The van der Waals surface area contributed by atoms with Crippen LogP contribution >= 0.6 is 0 Å². The molecule has 0 bridgehead atoms. The van der Waals surface area contributed by atoms with Gasteiger partial charge in [0.15, 0.2) is 6.04 Å². The van der Waals surface area contributed by atoms with E-state index in [4.69, 9.17) is 4.74 Å². The number of nitrogens with zero attached hydrogens (tertiary/aromatic N) is 1. The second-order valence-corrected chi connectivity index (χ2v) is 6.79. The van der Waals surface area contributed by atoms with E-state index in [9.17, 15) is 14.7 Å². The Bertz CT molecular complexity index is 847. The highest BCUT2D eigenvalue weighted by atomic mass is 16.5. The van der Waals surface area contributed by atoms with Crippen LogP contribution in [0.15, 0.2) is 48.5 Å². The molecule has 134 valence electrons. The molecule has 2 atom stereocenters. The summed E-state index contributed by atoms with van der Waals surface area (Å²) in [6, 6.07) is 14.5. The number of benzene rings is 2. The summed E-state index contributed by atoms with van der Waals surface area (Å²) in [4.78, 5) is 26.4. The molecule has 0 aliphatic carbocycles. The lowest BCUT2D eigenvalue weighted by Gasteiger charge is -2.36. The molecular weight excluding hydrogens is 330 g/mol. The Hall–Kier alpha value is -2.66. The fourth-order valence-corrected chi connectivity index (χ4v) is 4.02. The van der Waals surface area contributed by atoms with Crippen molar-refractivity contribution in [3.63, 3.8) is 0 Å². The van der Waals surface area contributed by atoms with E-state index < -0.39 is 12.0 Å². The van der Waals surface area contributed by atoms with Crippen LogP contribution in [0.1, 0.15) is 40.8 Å². The number of hydrogen-bond donors (Lipinski definition) is 1. The predicted octanol–water partition coefficient (Wildman–Crippen LogP) is 2.90. The van der Waals surface area contributed by atoms with Crippen molar-refractivity contribution in [1.82, 2.24) is 4.90 Å². The number of ether oxygens (including phenoxy) is 1. The zero-order valence-corrected chi connectivity index (χ0v) is 14.4. The third-order valence-corrected chi connectivity index (χ3v) is 5.29. The van der Waals surface area contributed by atoms with E-state index in [0.717, 1.165) is 17.5 Å². The van der Waals surface area contributed by atoms with Crippen LogP contribution in [0.2, 0.25) is 0 Å². The van der Waals surface area contributed by atoms with Crippen LogP contribution in [0.3, 0.4) is 0 Å².